The molecule has 1 spiro atoms. The van der Waals surface area contributed by atoms with E-state index in [1.54, 1.807) is 0 Å². The van der Waals surface area contributed by atoms with Crippen LogP contribution >= 0.6 is 0 Å². The second kappa shape index (κ2) is 3.14. The van der Waals surface area contributed by atoms with Gasteiger partial charge in [-0.3, -0.25) is 0 Å². The van der Waals surface area contributed by atoms with Crippen molar-refractivity contribution >= 4 is 6.03 Å². The predicted molar refractivity (Wildman–Crippen MR) is 65.0 cm³/mol. The van der Waals surface area contributed by atoms with Crippen LogP contribution in [0.3, 0.4) is 0 Å². The maximum absolute atomic E-state index is 10.8. The molecule has 2 aliphatic rings. The number of hydrogen-bond acceptors (Lipinski definition) is 1. The predicted octanol–water partition coefficient (Wildman–Crippen LogP) is 2.65. The molecule has 2 rings (SSSR count). The zero-order valence-corrected chi connectivity index (χ0v) is 10.9. The van der Waals surface area contributed by atoms with Crippen LogP contribution in [-0.2, 0) is 0 Å². The number of hydrogen-bond donors (Lipinski definition) is 2. The van der Waals surface area contributed by atoms with Crippen molar-refractivity contribution in [1.29, 1.82) is 0 Å². The van der Waals surface area contributed by atoms with Crippen molar-refractivity contribution < 1.29 is 4.79 Å². The van der Waals surface area contributed by atoms with E-state index in [-0.39, 0.29) is 6.03 Å². The minimum absolute atomic E-state index is 0.301. The molecule has 0 bridgehead atoms. The van der Waals surface area contributed by atoms with Gasteiger partial charge in [0.05, 0.1) is 0 Å². The maximum atomic E-state index is 10.8. The van der Waals surface area contributed by atoms with Gasteiger partial charge in [0, 0.05) is 6.04 Å². The summed E-state index contributed by atoms with van der Waals surface area (Å²) in [6.07, 6.45) is 4.60. The van der Waals surface area contributed by atoms with E-state index in [0.29, 0.717) is 22.3 Å². The third kappa shape index (κ3) is 1.23. The van der Waals surface area contributed by atoms with Crippen molar-refractivity contribution in [3.8, 4) is 0 Å². The highest BCUT2D eigenvalue weighted by Gasteiger charge is 2.75. The largest absolute Gasteiger partial charge is 0.352 e. The number of rotatable bonds is 1. The van der Waals surface area contributed by atoms with Crippen molar-refractivity contribution in [1.82, 2.24) is 5.32 Å². The van der Waals surface area contributed by atoms with Crippen molar-refractivity contribution in [2.24, 2.45) is 22.0 Å². The van der Waals surface area contributed by atoms with Gasteiger partial charge >= 0.3 is 6.03 Å². The SMILES string of the molecule is CC1(C)C(C)(C)C12CCC(NC(N)=O)CC2. The molecule has 2 aliphatic carbocycles. The summed E-state index contributed by atoms with van der Waals surface area (Å²) in [4.78, 5) is 10.8. The van der Waals surface area contributed by atoms with Crippen molar-refractivity contribution in [3.05, 3.63) is 0 Å². The number of nitrogens with one attached hydrogen (secondary N) is 1. The Morgan fingerprint density at radius 2 is 1.56 bits per heavy atom. The highest BCUT2D eigenvalue weighted by atomic mass is 16.2. The maximum Gasteiger partial charge on any atom is 0.312 e. The Hall–Kier alpha value is -0.730. The third-order valence-corrected chi connectivity index (χ3v) is 6.08. The van der Waals surface area contributed by atoms with Gasteiger partial charge in [-0.15, -0.1) is 0 Å². The number of urea groups is 1. The molecule has 3 N–H and O–H groups in total. The fraction of sp³-hybridized carbons (Fsp3) is 0.923. The highest BCUT2D eigenvalue weighted by Crippen LogP contribution is 2.82. The van der Waals surface area contributed by atoms with Gasteiger partial charge in [0.25, 0.3) is 0 Å². The standard InChI is InChI=1S/C13H24N2O/c1-11(2)12(3,4)13(11)7-5-9(6-8-13)15-10(14)16/h9H,5-8H2,1-4H3,(H3,14,15,16). The third-order valence-electron chi connectivity index (χ3n) is 6.08. The van der Waals surface area contributed by atoms with Crippen molar-refractivity contribution in [3.63, 3.8) is 0 Å². The lowest BCUT2D eigenvalue weighted by Gasteiger charge is -2.32. The van der Waals surface area contributed by atoms with Gasteiger partial charge in [-0.25, -0.2) is 4.79 Å². The lowest BCUT2D eigenvalue weighted by atomic mass is 9.77. The summed E-state index contributed by atoms with van der Waals surface area (Å²) in [5.41, 5.74) is 6.54. The fourth-order valence-electron chi connectivity index (χ4n) is 4.25. The first kappa shape index (κ1) is 11.7. The average molecular weight is 224 g/mol. The van der Waals surface area contributed by atoms with Crippen LogP contribution in [0, 0.1) is 16.2 Å². The summed E-state index contributed by atoms with van der Waals surface area (Å²) >= 11 is 0. The number of primary amides is 1. The van der Waals surface area contributed by atoms with E-state index in [2.05, 4.69) is 33.0 Å². The molecule has 0 atom stereocenters. The lowest BCUT2D eigenvalue weighted by Crippen LogP contribution is -2.41. The van der Waals surface area contributed by atoms with Crippen LogP contribution in [0.15, 0.2) is 0 Å². The van der Waals surface area contributed by atoms with Gasteiger partial charge < -0.3 is 11.1 Å². The Labute approximate surface area is 98.2 Å². The van der Waals surface area contributed by atoms with E-state index >= 15 is 0 Å². The van der Waals surface area contributed by atoms with E-state index in [9.17, 15) is 4.79 Å². The molecule has 0 radical (unpaired) electrons. The summed E-state index contributed by atoms with van der Waals surface area (Å²) in [5, 5.41) is 2.84. The Bertz CT molecular complexity index is 296. The molecule has 2 saturated carbocycles. The molecule has 3 nitrogen and oxygen atoms in total. The molecule has 0 aliphatic heterocycles. The van der Waals surface area contributed by atoms with Gasteiger partial charge in [0.15, 0.2) is 0 Å². The van der Waals surface area contributed by atoms with Gasteiger partial charge in [-0.2, -0.15) is 0 Å². The van der Waals surface area contributed by atoms with Crippen LogP contribution in [0.2, 0.25) is 0 Å². The fourth-order valence-corrected chi connectivity index (χ4v) is 4.25. The van der Waals surface area contributed by atoms with E-state index in [0.717, 1.165) is 12.8 Å². The Morgan fingerprint density at radius 3 is 1.88 bits per heavy atom. The van der Waals surface area contributed by atoms with Crippen LogP contribution in [-0.4, -0.2) is 12.1 Å². The van der Waals surface area contributed by atoms with Gasteiger partial charge in [0.2, 0.25) is 0 Å². The average Bonchev–Trinajstić information content (AvgIpc) is 2.47. The zero-order chi connectivity index (χ0) is 12.2. The molecule has 92 valence electrons. The second-order valence-electron chi connectivity index (χ2n) is 6.61. The molecule has 2 amide bonds. The number of carbonyl (C=O) groups excluding carboxylic acids is 1. The van der Waals surface area contributed by atoms with Crippen LogP contribution in [0.5, 0.6) is 0 Å². The van der Waals surface area contributed by atoms with Crippen LogP contribution in [0.1, 0.15) is 53.4 Å². The van der Waals surface area contributed by atoms with E-state index < -0.39 is 0 Å². The monoisotopic (exact) mass is 224 g/mol. The first-order valence-electron chi connectivity index (χ1n) is 6.31. The van der Waals surface area contributed by atoms with Crippen LogP contribution < -0.4 is 11.1 Å². The molecule has 0 aromatic rings. The molecule has 2 fully saturated rings. The number of carbonyl (C=O) groups is 1. The molecule has 0 unspecified atom stereocenters. The molecule has 0 heterocycles. The summed E-state index contributed by atoms with van der Waals surface area (Å²) in [5.74, 6) is 0. The zero-order valence-electron chi connectivity index (χ0n) is 10.9. The first-order chi connectivity index (χ1) is 7.24. The van der Waals surface area contributed by atoms with Crippen LogP contribution in [0.25, 0.3) is 0 Å². The molecule has 3 heteroatoms. The Balaban J connectivity index is 1.99. The minimum Gasteiger partial charge on any atom is -0.352 e. The topological polar surface area (TPSA) is 55.1 Å². The molecule has 16 heavy (non-hydrogen) atoms. The second-order valence-corrected chi connectivity index (χ2v) is 6.61. The first-order valence-corrected chi connectivity index (χ1v) is 6.31. The van der Waals surface area contributed by atoms with E-state index in [1.165, 1.54) is 12.8 Å². The van der Waals surface area contributed by atoms with Gasteiger partial charge in [-0.05, 0) is 41.9 Å². The molecule has 0 aromatic heterocycles. The lowest BCUT2D eigenvalue weighted by molar-refractivity contribution is 0.206. The normalized spacial score (nSPS) is 30.0. The molecular weight excluding hydrogens is 200 g/mol. The van der Waals surface area contributed by atoms with Crippen LogP contribution in [0.4, 0.5) is 4.79 Å². The van der Waals surface area contributed by atoms with Crippen molar-refractivity contribution in [2.45, 2.75) is 59.4 Å². The Morgan fingerprint density at radius 1 is 1.12 bits per heavy atom. The molecule has 0 aromatic carbocycles. The van der Waals surface area contributed by atoms with Gasteiger partial charge in [0.1, 0.15) is 0 Å². The Kier molecular flexibility index (Phi) is 2.31. The minimum atomic E-state index is -0.379. The summed E-state index contributed by atoms with van der Waals surface area (Å²) < 4.78 is 0. The summed E-state index contributed by atoms with van der Waals surface area (Å²) in [7, 11) is 0. The quantitative estimate of drug-likeness (QED) is 0.707. The number of nitrogens with two attached hydrogens (primary N) is 1. The summed E-state index contributed by atoms with van der Waals surface area (Å²) in [6, 6.07) is -0.0782. The molecular formula is C13H24N2O. The highest BCUT2D eigenvalue weighted by molar-refractivity contribution is 5.71. The number of amides is 2. The summed E-state index contributed by atoms with van der Waals surface area (Å²) in [6.45, 7) is 9.54. The smallest absolute Gasteiger partial charge is 0.312 e. The van der Waals surface area contributed by atoms with E-state index in [1.807, 2.05) is 0 Å². The van der Waals surface area contributed by atoms with Gasteiger partial charge in [-0.1, -0.05) is 27.7 Å². The molecule has 0 saturated heterocycles. The van der Waals surface area contributed by atoms with Crippen molar-refractivity contribution in [2.75, 3.05) is 0 Å². The van der Waals surface area contributed by atoms with E-state index in [4.69, 9.17) is 5.73 Å².